The Morgan fingerprint density at radius 3 is 2.83 bits per heavy atom. The molecule has 1 amide bonds. The maximum Gasteiger partial charge on any atom is 0.404 e. The van der Waals surface area contributed by atoms with Crippen molar-refractivity contribution in [2.24, 2.45) is 5.73 Å². The van der Waals surface area contributed by atoms with E-state index < -0.39 is 18.1 Å². The number of likely N-dealkylation sites (N-methyl/N-ethyl adjacent to an activating group) is 1. The van der Waals surface area contributed by atoms with Gasteiger partial charge in [0.05, 0.1) is 30.2 Å². The van der Waals surface area contributed by atoms with Crippen molar-refractivity contribution in [2.75, 3.05) is 25.3 Å². The number of ketones is 1. The zero-order valence-electron chi connectivity index (χ0n) is 12.9. The molecule has 4 N–H and O–H groups in total. The molecule has 1 aromatic carbocycles. The Labute approximate surface area is 137 Å². The van der Waals surface area contributed by atoms with E-state index in [1.54, 1.807) is 11.9 Å². The Bertz CT molecular complexity index is 721. The van der Waals surface area contributed by atoms with Gasteiger partial charge < -0.3 is 15.6 Å². The fourth-order valence-electron chi connectivity index (χ4n) is 3.26. The van der Waals surface area contributed by atoms with Crippen LogP contribution in [0.2, 0.25) is 0 Å². The second-order valence-corrected chi connectivity index (χ2v) is 5.94. The maximum absolute atomic E-state index is 12.8. The van der Waals surface area contributed by atoms with Crippen molar-refractivity contribution >= 4 is 23.9 Å². The number of phenolic OH excluding ortho intramolecular Hbond substituents is 1. The molecule has 4 atom stereocenters. The average Bonchev–Trinajstić information content (AvgIpc) is 3.15. The van der Waals surface area contributed by atoms with E-state index in [-0.39, 0.29) is 47.5 Å². The number of hydroxylamine groups is 1. The van der Waals surface area contributed by atoms with Crippen LogP contribution in [0.5, 0.6) is 5.75 Å². The van der Waals surface area contributed by atoms with Crippen molar-refractivity contribution in [3.8, 4) is 5.75 Å². The number of ether oxygens (including phenoxy) is 1. The summed E-state index contributed by atoms with van der Waals surface area (Å²) in [7, 11) is 1.74. The monoisotopic (exact) mass is 335 g/mol. The molecule has 0 radical (unpaired) electrons. The first-order valence-electron chi connectivity index (χ1n) is 7.31. The predicted molar refractivity (Wildman–Crippen MR) is 81.2 cm³/mol. The molecule has 2 aliphatic rings. The molecule has 0 bridgehead atoms. The van der Waals surface area contributed by atoms with Crippen molar-refractivity contribution in [1.29, 1.82) is 0 Å². The highest BCUT2D eigenvalue weighted by atomic mass is 16.5. The molecule has 24 heavy (non-hydrogen) atoms. The average molecular weight is 335 g/mol. The second-order valence-electron chi connectivity index (χ2n) is 5.94. The van der Waals surface area contributed by atoms with E-state index in [9.17, 15) is 24.7 Å². The first-order valence-corrected chi connectivity index (χ1v) is 7.31. The van der Waals surface area contributed by atoms with Crippen LogP contribution in [0.25, 0.3) is 0 Å². The second kappa shape index (κ2) is 5.77. The van der Waals surface area contributed by atoms with Crippen LogP contribution < -0.4 is 10.8 Å². The van der Waals surface area contributed by atoms with Gasteiger partial charge in [-0.05, 0) is 19.2 Å². The number of phenols is 1. The summed E-state index contributed by atoms with van der Waals surface area (Å²) in [6, 6.07) is 1.92. The van der Waals surface area contributed by atoms with Gasteiger partial charge in [-0.25, -0.2) is 4.79 Å². The van der Waals surface area contributed by atoms with Gasteiger partial charge in [-0.15, -0.1) is 0 Å². The highest BCUT2D eigenvalue weighted by Crippen LogP contribution is 2.43. The van der Waals surface area contributed by atoms with Gasteiger partial charge in [0.25, 0.3) is 0 Å². The third-order valence-electron chi connectivity index (χ3n) is 4.55. The summed E-state index contributed by atoms with van der Waals surface area (Å²) < 4.78 is 4.77. The molecule has 2 aliphatic heterocycles. The number of hydrogen-bond acceptors (Lipinski definition) is 8. The van der Waals surface area contributed by atoms with Crippen LogP contribution in [-0.2, 0) is 9.53 Å². The Balaban J connectivity index is 2.11. The van der Waals surface area contributed by atoms with Crippen molar-refractivity contribution in [3.05, 3.63) is 23.3 Å². The third-order valence-corrected chi connectivity index (χ3v) is 4.55. The maximum atomic E-state index is 12.8. The lowest BCUT2D eigenvalue weighted by atomic mass is 9.88. The molecular formula is C15H17N3O6. The Morgan fingerprint density at radius 2 is 2.21 bits per heavy atom. The number of fused-ring (bicyclic) bond motifs is 2. The normalized spacial score (nSPS) is 28.2. The van der Waals surface area contributed by atoms with Crippen LogP contribution in [-0.4, -0.2) is 65.7 Å². The number of benzene rings is 1. The minimum Gasteiger partial charge on any atom is -0.508 e. The number of carbonyl (C=O) groups is 3. The lowest BCUT2D eigenvalue weighted by Crippen LogP contribution is -2.34. The first kappa shape index (κ1) is 16.2. The lowest BCUT2D eigenvalue weighted by molar-refractivity contribution is -0.121. The fourth-order valence-corrected chi connectivity index (χ4v) is 3.26. The van der Waals surface area contributed by atoms with E-state index in [1.807, 2.05) is 0 Å². The van der Waals surface area contributed by atoms with Crippen molar-refractivity contribution in [2.45, 2.75) is 18.0 Å². The highest BCUT2D eigenvalue weighted by molar-refractivity contribution is 5.97. The molecule has 1 aromatic rings. The number of rotatable bonds is 3. The molecule has 3 rings (SSSR count). The number of carbonyl (C=O) groups excluding carboxylic acids is 3. The summed E-state index contributed by atoms with van der Waals surface area (Å²) >= 11 is 0. The largest absolute Gasteiger partial charge is 0.508 e. The van der Waals surface area contributed by atoms with Crippen LogP contribution in [0.4, 0.5) is 10.5 Å². The topological polar surface area (TPSA) is 133 Å². The Morgan fingerprint density at radius 1 is 1.50 bits per heavy atom. The van der Waals surface area contributed by atoms with Crippen LogP contribution in [0.1, 0.15) is 21.8 Å². The molecule has 9 nitrogen and oxygen atoms in total. The Hall–Kier alpha value is -2.65. The van der Waals surface area contributed by atoms with Gasteiger partial charge >= 0.3 is 6.09 Å². The number of hydrogen-bond donors (Lipinski definition) is 3. The van der Waals surface area contributed by atoms with Gasteiger partial charge in [0.1, 0.15) is 18.6 Å². The predicted octanol–water partition coefficient (Wildman–Crippen LogP) is -0.156. The number of primary amides is 1. The number of nitrogens with two attached hydrogens (primary N) is 1. The van der Waals surface area contributed by atoms with E-state index in [1.165, 1.54) is 12.1 Å². The molecule has 1 fully saturated rings. The number of amides is 1. The summed E-state index contributed by atoms with van der Waals surface area (Å²) in [5.74, 6) is -1.57. The number of aromatic hydroxyl groups is 1. The van der Waals surface area contributed by atoms with E-state index in [4.69, 9.17) is 10.5 Å². The van der Waals surface area contributed by atoms with E-state index in [0.717, 1.165) is 5.06 Å². The van der Waals surface area contributed by atoms with Crippen LogP contribution in [0.3, 0.4) is 0 Å². The minimum absolute atomic E-state index is 0.105. The molecule has 0 spiro atoms. The standard InChI is InChI=1S/C15H17N3O6/c1-17-10-4-18(23)9-2-7(5-19)3-11(20)12(9)8(6-24-15(16)22)14(21)13(10)17/h2-3,5,8,10,13,20,23H,4,6H2,1H3,(H2,16,22). The zero-order valence-corrected chi connectivity index (χ0v) is 12.9. The molecule has 9 heteroatoms. The first-order chi connectivity index (χ1) is 11.3. The summed E-state index contributed by atoms with van der Waals surface area (Å²) in [6.45, 7) is -0.217. The van der Waals surface area contributed by atoms with Crippen molar-refractivity contribution in [3.63, 3.8) is 0 Å². The molecular weight excluding hydrogens is 318 g/mol. The summed E-state index contributed by atoms with van der Waals surface area (Å²) in [5, 5.41) is 21.5. The van der Waals surface area contributed by atoms with E-state index >= 15 is 0 Å². The fraction of sp³-hybridized carbons (Fsp3) is 0.400. The lowest BCUT2D eigenvalue weighted by Gasteiger charge is -2.27. The number of anilines is 1. The Kier molecular flexibility index (Phi) is 3.90. The quantitative estimate of drug-likeness (QED) is 0.513. The smallest absolute Gasteiger partial charge is 0.404 e. The van der Waals surface area contributed by atoms with Crippen molar-refractivity contribution < 1.29 is 29.4 Å². The van der Waals surface area contributed by atoms with Gasteiger partial charge in [-0.2, -0.15) is 0 Å². The number of aldehydes is 1. The van der Waals surface area contributed by atoms with Crippen LogP contribution in [0, 0.1) is 0 Å². The highest BCUT2D eigenvalue weighted by Gasteiger charge is 2.54. The molecule has 128 valence electrons. The van der Waals surface area contributed by atoms with E-state index in [2.05, 4.69) is 0 Å². The van der Waals surface area contributed by atoms with E-state index in [0.29, 0.717) is 6.29 Å². The number of Topliss-reactive ketones (excluding diaryl/α,β-unsaturated/α-hetero) is 1. The van der Waals surface area contributed by atoms with Gasteiger partial charge in [-0.1, -0.05) is 0 Å². The molecule has 0 aliphatic carbocycles. The molecule has 4 unspecified atom stereocenters. The van der Waals surface area contributed by atoms with Gasteiger partial charge in [0.15, 0.2) is 5.78 Å². The van der Waals surface area contributed by atoms with Gasteiger partial charge in [-0.3, -0.25) is 24.8 Å². The SMILES string of the molecule is CN1C2CN(O)c3cc(C=O)cc(O)c3C(COC(N)=O)C(=O)C21. The van der Waals surface area contributed by atoms with Crippen LogP contribution in [0.15, 0.2) is 12.1 Å². The molecule has 0 aromatic heterocycles. The van der Waals surface area contributed by atoms with Crippen LogP contribution >= 0.6 is 0 Å². The summed E-state index contributed by atoms with van der Waals surface area (Å²) in [4.78, 5) is 36.5. The van der Waals surface area contributed by atoms with Crippen molar-refractivity contribution in [1.82, 2.24) is 4.90 Å². The molecule has 0 saturated carbocycles. The molecule has 2 heterocycles. The molecule has 1 saturated heterocycles. The summed E-state index contributed by atoms with van der Waals surface area (Å²) in [6.07, 6.45) is -0.521. The third kappa shape index (κ3) is 2.57. The van der Waals surface area contributed by atoms with Gasteiger partial charge in [0.2, 0.25) is 0 Å². The zero-order chi connectivity index (χ0) is 17.6. The minimum atomic E-state index is -1.04. The number of nitrogens with zero attached hydrogens (tertiary/aromatic N) is 2. The van der Waals surface area contributed by atoms with Gasteiger partial charge in [0, 0.05) is 11.1 Å². The summed E-state index contributed by atoms with van der Waals surface area (Å²) in [5.41, 5.74) is 5.36.